The van der Waals surface area contributed by atoms with E-state index < -0.39 is 6.10 Å². The van der Waals surface area contributed by atoms with Crippen LogP contribution in [0.2, 0.25) is 0 Å². The van der Waals surface area contributed by atoms with Crippen LogP contribution in [0.4, 0.5) is 0 Å². The van der Waals surface area contributed by atoms with Crippen molar-refractivity contribution >= 4 is 0 Å². The van der Waals surface area contributed by atoms with Crippen molar-refractivity contribution in [3.8, 4) is 0 Å². The van der Waals surface area contributed by atoms with E-state index in [1.54, 1.807) is 12.3 Å². The number of aromatic nitrogens is 2. The molecular formula is C17H21N3O. The molecule has 4 heteroatoms. The third-order valence-electron chi connectivity index (χ3n) is 4.62. The van der Waals surface area contributed by atoms with Gasteiger partial charge in [0.2, 0.25) is 0 Å². The number of nitrogens with two attached hydrogens (primary N) is 1. The summed E-state index contributed by atoms with van der Waals surface area (Å²) in [7, 11) is 0. The largest absolute Gasteiger partial charge is 0.386 e. The molecule has 3 N–H and O–H groups in total. The number of aliphatic hydroxyl groups excluding tert-OH is 1. The highest BCUT2D eigenvalue weighted by Crippen LogP contribution is 2.43. The Morgan fingerprint density at radius 1 is 1.29 bits per heavy atom. The van der Waals surface area contributed by atoms with Crippen LogP contribution in [0.1, 0.15) is 35.2 Å². The molecule has 0 spiro atoms. The molecule has 21 heavy (non-hydrogen) atoms. The summed E-state index contributed by atoms with van der Waals surface area (Å²) in [5.74, 6) is 0.676. The van der Waals surface area contributed by atoms with Gasteiger partial charge in [-0.1, -0.05) is 24.3 Å². The van der Waals surface area contributed by atoms with Gasteiger partial charge in [0.25, 0.3) is 0 Å². The molecular weight excluding hydrogens is 262 g/mol. The summed E-state index contributed by atoms with van der Waals surface area (Å²) in [5, 5.41) is 10.9. The number of benzene rings is 1. The van der Waals surface area contributed by atoms with Gasteiger partial charge < -0.3 is 10.8 Å². The number of hydrogen-bond acceptors (Lipinski definition) is 4. The Kier molecular flexibility index (Phi) is 3.74. The first-order valence-corrected chi connectivity index (χ1v) is 7.39. The van der Waals surface area contributed by atoms with E-state index in [0.29, 0.717) is 18.1 Å². The van der Waals surface area contributed by atoms with E-state index >= 15 is 0 Å². The van der Waals surface area contributed by atoms with Crippen LogP contribution in [0.5, 0.6) is 0 Å². The molecule has 1 aliphatic carbocycles. The molecule has 0 aliphatic heterocycles. The molecule has 3 rings (SSSR count). The number of aryl methyl sites for hydroxylation is 2. The lowest BCUT2D eigenvalue weighted by Crippen LogP contribution is -2.42. The van der Waals surface area contributed by atoms with Crippen molar-refractivity contribution in [2.75, 3.05) is 6.54 Å². The first-order valence-electron chi connectivity index (χ1n) is 7.39. The van der Waals surface area contributed by atoms with E-state index in [-0.39, 0.29) is 5.41 Å². The van der Waals surface area contributed by atoms with Crippen LogP contribution in [0.15, 0.2) is 36.5 Å². The molecule has 1 heterocycles. The van der Waals surface area contributed by atoms with Gasteiger partial charge in [0.15, 0.2) is 0 Å². The summed E-state index contributed by atoms with van der Waals surface area (Å²) in [6.07, 6.45) is 3.67. The van der Waals surface area contributed by atoms with Crippen molar-refractivity contribution in [2.45, 2.75) is 32.3 Å². The van der Waals surface area contributed by atoms with Gasteiger partial charge in [-0.25, -0.2) is 9.97 Å². The minimum absolute atomic E-state index is 0.338. The predicted octanol–water partition coefficient (Wildman–Crippen LogP) is 1.95. The molecule has 0 radical (unpaired) electrons. The number of rotatable bonds is 3. The smallest absolute Gasteiger partial charge is 0.125 e. The fraction of sp³-hybridized carbons (Fsp3) is 0.412. The average Bonchev–Trinajstić information content (AvgIpc) is 2.53. The zero-order chi connectivity index (χ0) is 14.9. The summed E-state index contributed by atoms with van der Waals surface area (Å²) in [5.41, 5.74) is 9.06. The Bertz CT molecular complexity index is 643. The normalized spacial score (nSPS) is 22.6. The maximum Gasteiger partial charge on any atom is 0.125 e. The first kappa shape index (κ1) is 14.2. The average molecular weight is 283 g/mol. The highest BCUT2D eigenvalue weighted by atomic mass is 16.3. The maximum atomic E-state index is 10.9. The van der Waals surface area contributed by atoms with Crippen molar-refractivity contribution < 1.29 is 5.11 Å². The molecule has 4 nitrogen and oxygen atoms in total. The van der Waals surface area contributed by atoms with Crippen molar-refractivity contribution in [1.29, 1.82) is 0 Å². The maximum absolute atomic E-state index is 10.9. The predicted molar refractivity (Wildman–Crippen MR) is 81.7 cm³/mol. The number of aliphatic hydroxyl groups is 1. The Morgan fingerprint density at radius 3 is 2.76 bits per heavy atom. The van der Waals surface area contributed by atoms with Crippen LogP contribution in [-0.4, -0.2) is 21.6 Å². The van der Waals surface area contributed by atoms with Gasteiger partial charge in [0, 0.05) is 18.2 Å². The SMILES string of the molecule is Cc1nccc(C(O)C2(CN)CCc3ccccc3C2)n1. The van der Waals surface area contributed by atoms with Crippen molar-refractivity contribution in [1.82, 2.24) is 9.97 Å². The minimum atomic E-state index is -0.655. The highest BCUT2D eigenvalue weighted by Gasteiger charge is 2.41. The van der Waals surface area contributed by atoms with Crippen LogP contribution < -0.4 is 5.73 Å². The molecule has 2 unspecified atom stereocenters. The summed E-state index contributed by atoms with van der Waals surface area (Å²) < 4.78 is 0. The van der Waals surface area contributed by atoms with E-state index in [9.17, 15) is 5.11 Å². The van der Waals surface area contributed by atoms with Crippen LogP contribution in [0.3, 0.4) is 0 Å². The molecule has 1 aromatic carbocycles. The third-order valence-corrected chi connectivity index (χ3v) is 4.62. The molecule has 0 saturated carbocycles. The number of hydrogen-bond donors (Lipinski definition) is 2. The number of nitrogens with zero attached hydrogens (tertiary/aromatic N) is 2. The zero-order valence-corrected chi connectivity index (χ0v) is 12.3. The molecule has 2 aromatic rings. The zero-order valence-electron chi connectivity index (χ0n) is 12.3. The fourth-order valence-electron chi connectivity index (χ4n) is 3.28. The molecule has 0 fully saturated rings. The van der Waals surface area contributed by atoms with E-state index in [2.05, 4.69) is 28.2 Å². The van der Waals surface area contributed by atoms with Crippen LogP contribution in [-0.2, 0) is 12.8 Å². The molecule has 2 atom stereocenters. The Hall–Kier alpha value is -1.78. The van der Waals surface area contributed by atoms with Crippen molar-refractivity contribution in [3.05, 3.63) is 59.2 Å². The van der Waals surface area contributed by atoms with Crippen molar-refractivity contribution in [3.63, 3.8) is 0 Å². The van der Waals surface area contributed by atoms with Gasteiger partial charge in [0.1, 0.15) is 11.9 Å². The van der Waals surface area contributed by atoms with E-state index in [4.69, 9.17) is 5.73 Å². The lowest BCUT2D eigenvalue weighted by Gasteiger charge is -2.40. The van der Waals surface area contributed by atoms with E-state index in [1.807, 2.05) is 13.0 Å². The molecule has 110 valence electrons. The third kappa shape index (κ3) is 2.57. The quantitative estimate of drug-likeness (QED) is 0.903. The van der Waals surface area contributed by atoms with Gasteiger partial charge in [-0.05, 0) is 43.4 Å². The molecule has 0 saturated heterocycles. The monoisotopic (exact) mass is 283 g/mol. The van der Waals surface area contributed by atoms with Gasteiger partial charge >= 0.3 is 0 Å². The van der Waals surface area contributed by atoms with E-state index in [1.165, 1.54) is 11.1 Å². The van der Waals surface area contributed by atoms with Gasteiger partial charge in [0.05, 0.1) is 5.69 Å². The minimum Gasteiger partial charge on any atom is -0.386 e. The Morgan fingerprint density at radius 2 is 2.05 bits per heavy atom. The molecule has 1 aliphatic rings. The van der Waals surface area contributed by atoms with Crippen LogP contribution in [0, 0.1) is 12.3 Å². The van der Waals surface area contributed by atoms with E-state index in [0.717, 1.165) is 19.3 Å². The summed E-state index contributed by atoms with van der Waals surface area (Å²) >= 11 is 0. The molecule has 1 aromatic heterocycles. The van der Waals surface area contributed by atoms with Crippen molar-refractivity contribution in [2.24, 2.45) is 11.1 Å². The summed E-state index contributed by atoms with van der Waals surface area (Å²) in [6.45, 7) is 2.28. The summed E-state index contributed by atoms with van der Waals surface area (Å²) in [6, 6.07) is 10.2. The fourth-order valence-corrected chi connectivity index (χ4v) is 3.28. The lowest BCUT2D eigenvalue weighted by atomic mass is 9.67. The van der Waals surface area contributed by atoms with Crippen LogP contribution in [0.25, 0.3) is 0 Å². The topological polar surface area (TPSA) is 72.0 Å². The van der Waals surface area contributed by atoms with Gasteiger partial charge in [-0.2, -0.15) is 0 Å². The second-order valence-electron chi connectivity index (χ2n) is 5.94. The second-order valence-corrected chi connectivity index (χ2v) is 5.94. The summed E-state index contributed by atoms with van der Waals surface area (Å²) in [4.78, 5) is 8.48. The Labute approximate surface area is 125 Å². The Balaban J connectivity index is 1.95. The highest BCUT2D eigenvalue weighted by molar-refractivity contribution is 5.32. The number of fused-ring (bicyclic) bond motifs is 1. The van der Waals surface area contributed by atoms with Gasteiger partial charge in [-0.3, -0.25) is 0 Å². The lowest BCUT2D eigenvalue weighted by molar-refractivity contribution is 0.0144. The molecule has 0 amide bonds. The van der Waals surface area contributed by atoms with Gasteiger partial charge in [-0.15, -0.1) is 0 Å². The standard InChI is InChI=1S/C17H21N3O/c1-12-19-9-7-15(20-12)16(21)17(11-18)8-6-13-4-2-3-5-14(13)10-17/h2-5,7,9,16,21H,6,8,10-11,18H2,1H3. The second kappa shape index (κ2) is 5.54. The molecule has 0 bridgehead atoms. The van der Waals surface area contributed by atoms with Crippen LogP contribution >= 0.6 is 0 Å². The first-order chi connectivity index (χ1) is 10.1.